The van der Waals surface area contributed by atoms with Gasteiger partial charge in [0.15, 0.2) is 0 Å². The first kappa shape index (κ1) is 10.3. The zero-order valence-corrected chi connectivity index (χ0v) is 8.95. The average molecular weight is 193 g/mol. The van der Waals surface area contributed by atoms with Gasteiger partial charge in [-0.15, -0.1) is 11.3 Å². The molecule has 2 N–H and O–H groups in total. The number of thiophene rings is 1. The molecule has 0 radical (unpaired) electrons. The van der Waals surface area contributed by atoms with Gasteiger partial charge in [-0.25, -0.2) is 0 Å². The van der Waals surface area contributed by atoms with Crippen molar-refractivity contribution in [3.05, 3.63) is 21.9 Å². The van der Waals surface area contributed by atoms with Crippen molar-refractivity contribution in [1.82, 2.24) is 0 Å². The first-order chi connectivity index (χ1) is 6.22. The zero-order chi connectivity index (χ0) is 9.68. The molecule has 1 atom stereocenters. The summed E-state index contributed by atoms with van der Waals surface area (Å²) in [6.07, 6.45) is 2.08. The highest BCUT2D eigenvalue weighted by Crippen LogP contribution is 2.13. The summed E-state index contributed by atoms with van der Waals surface area (Å²) in [6.45, 7) is 4.21. The topological polar surface area (TPSA) is 26.0 Å². The Labute approximate surface area is 84.0 Å². The summed E-state index contributed by atoms with van der Waals surface area (Å²) in [4.78, 5) is 2.41. The van der Waals surface area contributed by atoms with Crippen LogP contribution in [0, 0.1) is 18.8 Å². The van der Waals surface area contributed by atoms with Gasteiger partial charge in [-0.3, -0.25) is 0 Å². The van der Waals surface area contributed by atoms with Gasteiger partial charge in [0.1, 0.15) is 0 Å². The summed E-state index contributed by atoms with van der Waals surface area (Å²) < 4.78 is 0. The Morgan fingerprint density at radius 2 is 2.31 bits per heavy atom. The molecule has 0 spiro atoms. The highest BCUT2D eigenvalue weighted by molar-refractivity contribution is 7.12. The minimum Gasteiger partial charge on any atom is -0.318 e. The molecule has 1 nitrogen and oxygen atoms in total. The molecule has 1 heterocycles. The van der Waals surface area contributed by atoms with Gasteiger partial charge < -0.3 is 5.73 Å². The lowest BCUT2D eigenvalue weighted by molar-refractivity contribution is 0.720. The molecule has 0 saturated heterocycles. The molecule has 1 rings (SSSR count). The van der Waals surface area contributed by atoms with E-state index < -0.39 is 0 Å². The van der Waals surface area contributed by atoms with E-state index in [4.69, 9.17) is 5.73 Å². The fraction of sp³-hybridized carbons (Fsp3) is 0.455. The second-order valence-corrected chi connectivity index (χ2v) is 4.36. The lowest BCUT2D eigenvalue weighted by Crippen LogP contribution is -2.16. The first-order valence-electron chi connectivity index (χ1n) is 4.56. The van der Waals surface area contributed by atoms with E-state index >= 15 is 0 Å². The third-order valence-electron chi connectivity index (χ3n) is 1.72. The van der Waals surface area contributed by atoms with E-state index in [1.54, 1.807) is 11.3 Å². The molecule has 70 valence electrons. The van der Waals surface area contributed by atoms with E-state index in [0.717, 1.165) is 17.7 Å². The lowest BCUT2D eigenvalue weighted by atomic mass is 10.2. The molecule has 0 amide bonds. The van der Waals surface area contributed by atoms with Crippen molar-refractivity contribution in [3.63, 3.8) is 0 Å². The van der Waals surface area contributed by atoms with Crippen LogP contribution in [0.25, 0.3) is 0 Å². The van der Waals surface area contributed by atoms with Crippen LogP contribution in [0.5, 0.6) is 0 Å². The van der Waals surface area contributed by atoms with E-state index in [2.05, 4.69) is 31.8 Å². The lowest BCUT2D eigenvalue weighted by Gasteiger charge is -1.97. The summed E-state index contributed by atoms with van der Waals surface area (Å²) in [5.41, 5.74) is 5.77. The summed E-state index contributed by atoms with van der Waals surface area (Å²) in [7, 11) is 0. The molecular weight excluding hydrogens is 178 g/mol. The van der Waals surface area contributed by atoms with Gasteiger partial charge in [0.25, 0.3) is 0 Å². The largest absolute Gasteiger partial charge is 0.318 e. The van der Waals surface area contributed by atoms with E-state index in [-0.39, 0.29) is 6.04 Å². The van der Waals surface area contributed by atoms with Gasteiger partial charge >= 0.3 is 0 Å². The predicted molar refractivity (Wildman–Crippen MR) is 58.8 cm³/mol. The minimum atomic E-state index is 0.0346. The maximum Gasteiger partial charge on any atom is 0.0771 e. The maximum atomic E-state index is 5.77. The first-order valence-corrected chi connectivity index (χ1v) is 5.37. The quantitative estimate of drug-likeness (QED) is 0.718. The monoisotopic (exact) mass is 193 g/mol. The standard InChI is InChI=1S/C11H15NS/c1-3-4-10(12)6-8-11-7-5-9(2)13-11/h5,7,10H,3-4,12H2,1-2H3. The SMILES string of the molecule is CCCC(N)C#Cc1ccc(C)s1. The van der Waals surface area contributed by atoms with E-state index in [1.165, 1.54) is 4.88 Å². The molecule has 1 aromatic heterocycles. The zero-order valence-electron chi connectivity index (χ0n) is 8.13. The van der Waals surface area contributed by atoms with Crippen LogP contribution in [0.15, 0.2) is 12.1 Å². The molecule has 0 aliphatic rings. The molecule has 0 saturated carbocycles. The van der Waals surface area contributed by atoms with E-state index in [9.17, 15) is 0 Å². The summed E-state index contributed by atoms with van der Waals surface area (Å²) in [5.74, 6) is 6.14. The number of rotatable bonds is 2. The molecule has 0 bridgehead atoms. The van der Waals surface area contributed by atoms with E-state index in [1.807, 2.05) is 6.07 Å². The number of nitrogens with two attached hydrogens (primary N) is 1. The smallest absolute Gasteiger partial charge is 0.0771 e. The van der Waals surface area contributed by atoms with Gasteiger partial charge in [-0.2, -0.15) is 0 Å². The Morgan fingerprint density at radius 1 is 1.54 bits per heavy atom. The fourth-order valence-corrected chi connectivity index (χ4v) is 1.78. The highest BCUT2D eigenvalue weighted by atomic mass is 32.1. The third kappa shape index (κ3) is 3.63. The molecular formula is C11H15NS. The third-order valence-corrected chi connectivity index (χ3v) is 2.64. The van der Waals surface area contributed by atoms with Crippen molar-refractivity contribution >= 4 is 11.3 Å². The Kier molecular flexibility index (Phi) is 4.01. The van der Waals surface area contributed by atoms with Crippen molar-refractivity contribution < 1.29 is 0 Å². The van der Waals surface area contributed by atoms with Gasteiger partial charge in [0.05, 0.1) is 10.9 Å². The Balaban J connectivity index is 2.56. The molecule has 0 fully saturated rings. The number of aryl methyl sites for hydroxylation is 1. The Morgan fingerprint density at radius 3 is 2.85 bits per heavy atom. The molecule has 0 aliphatic carbocycles. The van der Waals surface area contributed by atoms with Crippen LogP contribution in [-0.4, -0.2) is 6.04 Å². The molecule has 0 aliphatic heterocycles. The molecule has 1 unspecified atom stereocenters. The van der Waals surface area contributed by atoms with E-state index in [0.29, 0.717) is 0 Å². The van der Waals surface area contributed by atoms with Crippen molar-refractivity contribution in [3.8, 4) is 11.8 Å². The Bertz CT molecular complexity index is 316. The summed E-state index contributed by atoms with van der Waals surface area (Å²) >= 11 is 1.72. The van der Waals surface area contributed by atoms with Crippen LogP contribution >= 0.6 is 11.3 Å². The van der Waals surface area contributed by atoms with Gasteiger partial charge in [-0.1, -0.05) is 25.2 Å². The van der Waals surface area contributed by atoms with Gasteiger partial charge in [0, 0.05) is 4.88 Å². The Hall–Kier alpha value is -0.780. The maximum absolute atomic E-state index is 5.77. The molecule has 1 aromatic rings. The van der Waals surface area contributed by atoms with Gasteiger partial charge in [-0.05, 0) is 25.5 Å². The molecule has 0 aromatic carbocycles. The van der Waals surface area contributed by atoms with Crippen LogP contribution < -0.4 is 5.73 Å². The number of hydrogen-bond donors (Lipinski definition) is 1. The predicted octanol–water partition coefficient (Wildman–Crippen LogP) is 2.54. The molecule has 13 heavy (non-hydrogen) atoms. The van der Waals surface area contributed by atoms with Gasteiger partial charge in [0.2, 0.25) is 0 Å². The van der Waals surface area contributed by atoms with Crippen molar-refractivity contribution in [2.75, 3.05) is 0 Å². The number of hydrogen-bond acceptors (Lipinski definition) is 2. The van der Waals surface area contributed by atoms with Crippen LogP contribution in [-0.2, 0) is 0 Å². The van der Waals surface area contributed by atoms with Crippen molar-refractivity contribution in [2.45, 2.75) is 32.7 Å². The highest BCUT2D eigenvalue weighted by Gasteiger charge is 1.94. The second kappa shape index (κ2) is 5.06. The van der Waals surface area contributed by atoms with Crippen LogP contribution in [0.1, 0.15) is 29.5 Å². The van der Waals surface area contributed by atoms with Crippen molar-refractivity contribution in [1.29, 1.82) is 0 Å². The summed E-state index contributed by atoms with van der Waals surface area (Å²) in [6, 6.07) is 4.17. The molecule has 2 heteroatoms. The van der Waals surface area contributed by atoms with Crippen molar-refractivity contribution in [2.24, 2.45) is 5.73 Å². The second-order valence-electron chi connectivity index (χ2n) is 3.07. The van der Waals surface area contributed by atoms with Crippen LogP contribution in [0.3, 0.4) is 0 Å². The van der Waals surface area contributed by atoms with Crippen LogP contribution in [0.4, 0.5) is 0 Å². The average Bonchev–Trinajstić information content (AvgIpc) is 2.49. The minimum absolute atomic E-state index is 0.0346. The fourth-order valence-electron chi connectivity index (χ4n) is 1.05. The van der Waals surface area contributed by atoms with Crippen LogP contribution in [0.2, 0.25) is 0 Å². The summed E-state index contributed by atoms with van der Waals surface area (Å²) in [5, 5.41) is 0. The normalized spacial score (nSPS) is 11.9.